The number of benzene rings is 2. The van der Waals surface area contributed by atoms with E-state index in [1.165, 1.54) is 12.7 Å². The second kappa shape index (κ2) is 9.46. The van der Waals surface area contributed by atoms with Gasteiger partial charge in [-0.3, -0.25) is 4.79 Å². The molecule has 2 aromatic carbocycles. The van der Waals surface area contributed by atoms with Gasteiger partial charge in [0.25, 0.3) is 5.91 Å². The summed E-state index contributed by atoms with van der Waals surface area (Å²) >= 11 is 1.55. The lowest BCUT2D eigenvalue weighted by molar-refractivity contribution is -0.123. The first-order valence-corrected chi connectivity index (χ1v) is 9.92. The first-order valence-electron chi connectivity index (χ1n) is 8.69. The van der Waals surface area contributed by atoms with E-state index < -0.39 is 12.1 Å². The number of anilines is 1. The molecule has 0 radical (unpaired) electrons. The van der Waals surface area contributed by atoms with Gasteiger partial charge in [-0.25, -0.2) is 4.79 Å². The van der Waals surface area contributed by atoms with Crippen LogP contribution in [0.5, 0.6) is 5.75 Å². The fraction of sp³-hybridized carbons (Fsp3) is 0.333. The summed E-state index contributed by atoms with van der Waals surface area (Å²) in [5.74, 6) is -0.150. The van der Waals surface area contributed by atoms with Crippen molar-refractivity contribution in [1.29, 1.82) is 0 Å². The third-order valence-electron chi connectivity index (χ3n) is 4.13. The monoisotopic (exact) mass is 387 g/mol. The lowest BCUT2D eigenvalue weighted by Crippen LogP contribution is -2.30. The zero-order valence-corrected chi connectivity index (χ0v) is 17.1. The minimum Gasteiger partial charge on any atom is -0.496 e. The first-order chi connectivity index (χ1) is 12.8. The molecule has 5 nitrogen and oxygen atoms in total. The number of carbonyl (C=O) groups is 2. The van der Waals surface area contributed by atoms with Crippen molar-refractivity contribution in [3.05, 3.63) is 53.6 Å². The van der Waals surface area contributed by atoms with Crippen LogP contribution in [0.3, 0.4) is 0 Å². The van der Waals surface area contributed by atoms with Gasteiger partial charge in [-0.1, -0.05) is 26.0 Å². The number of amides is 1. The number of hydrogen-bond acceptors (Lipinski definition) is 5. The second-order valence-corrected chi connectivity index (χ2v) is 7.26. The Morgan fingerprint density at radius 2 is 1.70 bits per heavy atom. The Kier molecular flexibility index (Phi) is 7.30. The standard InChI is InChI=1S/C21H25NO4S/c1-13(2)15-6-8-16(9-7-15)22-20(23)14(3)26-21(24)18-11-10-17(27-5)12-19(18)25-4/h6-14H,1-5H3,(H,22,23)/t14-/m1/s1. The Labute approximate surface area is 164 Å². The van der Waals surface area contributed by atoms with Gasteiger partial charge in [-0.05, 0) is 55.0 Å². The van der Waals surface area contributed by atoms with E-state index in [9.17, 15) is 9.59 Å². The molecule has 0 spiro atoms. The Balaban J connectivity index is 2.02. The highest BCUT2D eigenvalue weighted by Crippen LogP contribution is 2.26. The van der Waals surface area contributed by atoms with Gasteiger partial charge >= 0.3 is 5.97 Å². The number of carbonyl (C=O) groups excluding carboxylic acids is 2. The van der Waals surface area contributed by atoms with Gasteiger partial charge in [-0.2, -0.15) is 0 Å². The third-order valence-corrected chi connectivity index (χ3v) is 4.85. The van der Waals surface area contributed by atoms with Crippen molar-refractivity contribution in [2.24, 2.45) is 0 Å². The summed E-state index contributed by atoms with van der Waals surface area (Å²) in [6.07, 6.45) is 1.000. The Morgan fingerprint density at radius 1 is 1.04 bits per heavy atom. The third kappa shape index (κ3) is 5.50. The fourth-order valence-electron chi connectivity index (χ4n) is 2.44. The van der Waals surface area contributed by atoms with Crippen molar-refractivity contribution in [2.75, 3.05) is 18.7 Å². The number of methoxy groups -OCH3 is 1. The van der Waals surface area contributed by atoms with Crippen molar-refractivity contribution >= 4 is 29.3 Å². The minimum atomic E-state index is -0.938. The van der Waals surface area contributed by atoms with Crippen molar-refractivity contribution in [1.82, 2.24) is 0 Å². The molecular formula is C21H25NO4S. The molecule has 2 aromatic rings. The van der Waals surface area contributed by atoms with Gasteiger partial charge in [0.15, 0.2) is 6.10 Å². The summed E-state index contributed by atoms with van der Waals surface area (Å²) in [4.78, 5) is 25.7. The molecule has 0 heterocycles. The molecule has 0 saturated carbocycles. The number of esters is 1. The second-order valence-electron chi connectivity index (χ2n) is 6.38. The van der Waals surface area contributed by atoms with Crippen LogP contribution in [0.25, 0.3) is 0 Å². The van der Waals surface area contributed by atoms with Crippen molar-refractivity contribution in [3.8, 4) is 5.75 Å². The molecule has 144 valence electrons. The van der Waals surface area contributed by atoms with E-state index in [1.807, 2.05) is 36.6 Å². The Hall–Kier alpha value is -2.47. The molecule has 27 heavy (non-hydrogen) atoms. The van der Waals surface area contributed by atoms with Gasteiger partial charge in [0, 0.05) is 10.6 Å². The van der Waals surface area contributed by atoms with E-state index in [2.05, 4.69) is 19.2 Å². The van der Waals surface area contributed by atoms with E-state index in [-0.39, 0.29) is 11.5 Å². The highest BCUT2D eigenvalue weighted by Gasteiger charge is 2.21. The van der Waals surface area contributed by atoms with Crippen LogP contribution in [0.15, 0.2) is 47.4 Å². The summed E-state index contributed by atoms with van der Waals surface area (Å²) in [5, 5.41) is 2.76. The van der Waals surface area contributed by atoms with Crippen LogP contribution in [0, 0.1) is 0 Å². The topological polar surface area (TPSA) is 64.6 Å². The molecule has 1 amide bonds. The number of thioether (sulfide) groups is 1. The van der Waals surface area contributed by atoms with Crippen LogP contribution in [0.1, 0.15) is 42.6 Å². The van der Waals surface area contributed by atoms with Crippen LogP contribution < -0.4 is 10.1 Å². The summed E-state index contributed by atoms with van der Waals surface area (Å²) in [5.41, 5.74) is 2.14. The zero-order chi connectivity index (χ0) is 20.0. The average Bonchev–Trinajstić information content (AvgIpc) is 2.67. The Bertz CT molecular complexity index is 802. The largest absolute Gasteiger partial charge is 0.496 e. The predicted octanol–water partition coefficient (Wildman–Crippen LogP) is 4.72. The van der Waals surface area contributed by atoms with Crippen LogP contribution in [0.4, 0.5) is 5.69 Å². The van der Waals surface area contributed by atoms with Crippen molar-refractivity contribution < 1.29 is 19.1 Å². The molecule has 1 N–H and O–H groups in total. The molecule has 0 aromatic heterocycles. The number of hydrogen-bond donors (Lipinski definition) is 1. The summed E-state index contributed by atoms with van der Waals surface area (Å²) < 4.78 is 10.6. The lowest BCUT2D eigenvalue weighted by atomic mass is 10.0. The molecule has 0 saturated heterocycles. The molecule has 0 aliphatic rings. The Morgan fingerprint density at radius 3 is 2.26 bits per heavy atom. The normalized spacial score (nSPS) is 11.8. The fourth-order valence-corrected chi connectivity index (χ4v) is 2.87. The molecule has 1 atom stereocenters. The van der Waals surface area contributed by atoms with Gasteiger partial charge < -0.3 is 14.8 Å². The molecule has 0 bridgehead atoms. The molecule has 6 heteroatoms. The maximum absolute atomic E-state index is 12.4. The minimum absolute atomic E-state index is 0.288. The molecule has 0 aliphatic carbocycles. The molecule has 0 aliphatic heterocycles. The van der Waals surface area contributed by atoms with Crippen LogP contribution in [-0.2, 0) is 9.53 Å². The highest BCUT2D eigenvalue weighted by molar-refractivity contribution is 7.98. The summed E-state index contributed by atoms with van der Waals surface area (Å²) in [7, 11) is 1.49. The van der Waals surface area contributed by atoms with Gasteiger partial charge in [0.05, 0.1) is 7.11 Å². The van der Waals surface area contributed by atoms with Crippen molar-refractivity contribution in [2.45, 2.75) is 37.7 Å². The molecule has 2 rings (SSSR count). The lowest BCUT2D eigenvalue weighted by Gasteiger charge is -2.15. The smallest absolute Gasteiger partial charge is 0.342 e. The average molecular weight is 388 g/mol. The van der Waals surface area contributed by atoms with Crippen LogP contribution >= 0.6 is 11.8 Å². The van der Waals surface area contributed by atoms with Crippen molar-refractivity contribution in [3.63, 3.8) is 0 Å². The predicted molar refractivity (Wildman–Crippen MR) is 109 cm³/mol. The zero-order valence-electron chi connectivity index (χ0n) is 16.2. The SMILES string of the molecule is COc1cc(SC)ccc1C(=O)O[C@H](C)C(=O)Nc1ccc(C(C)C)cc1. The van der Waals surface area contributed by atoms with E-state index in [4.69, 9.17) is 9.47 Å². The number of ether oxygens (including phenoxy) is 2. The quantitative estimate of drug-likeness (QED) is 0.550. The van der Waals surface area contributed by atoms with E-state index in [0.29, 0.717) is 17.4 Å². The van der Waals surface area contributed by atoms with Crippen LogP contribution in [0.2, 0.25) is 0 Å². The summed E-state index contributed by atoms with van der Waals surface area (Å²) in [6.45, 7) is 5.75. The molecule has 0 unspecified atom stereocenters. The van der Waals surface area contributed by atoms with E-state index in [0.717, 1.165) is 4.90 Å². The first kappa shape index (κ1) is 20.8. The molecule has 0 fully saturated rings. The molecular weight excluding hydrogens is 362 g/mol. The van der Waals surface area contributed by atoms with E-state index >= 15 is 0 Å². The number of nitrogens with one attached hydrogen (secondary N) is 1. The maximum Gasteiger partial charge on any atom is 0.342 e. The van der Waals surface area contributed by atoms with Gasteiger partial charge in [-0.15, -0.1) is 11.8 Å². The summed E-state index contributed by atoms with van der Waals surface area (Å²) in [6, 6.07) is 12.8. The highest BCUT2D eigenvalue weighted by atomic mass is 32.2. The van der Waals surface area contributed by atoms with Gasteiger partial charge in [0.1, 0.15) is 11.3 Å². The van der Waals surface area contributed by atoms with Gasteiger partial charge in [0.2, 0.25) is 0 Å². The number of rotatable bonds is 7. The van der Waals surface area contributed by atoms with Crippen LogP contribution in [-0.4, -0.2) is 31.3 Å². The van der Waals surface area contributed by atoms with E-state index in [1.54, 1.807) is 30.8 Å². The maximum atomic E-state index is 12.4.